The Morgan fingerprint density at radius 3 is 2.82 bits per heavy atom. The van der Waals surface area contributed by atoms with Gasteiger partial charge >= 0.3 is 0 Å². The van der Waals surface area contributed by atoms with Gasteiger partial charge in [-0.3, -0.25) is 9.89 Å². The van der Waals surface area contributed by atoms with Crippen molar-refractivity contribution in [3.63, 3.8) is 0 Å². The highest BCUT2D eigenvalue weighted by Gasteiger charge is 2.34. The van der Waals surface area contributed by atoms with Crippen LogP contribution in [0.4, 0.5) is 0 Å². The van der Waals surface area contributed by atoms with Crippen LogP contribution in [-0.4, -0.2) is 68.5 Å². The second-order valence-electron chi connectivity index (χ2n) is 8.45. The summed E-state index contributed by atoms with van der Waals surface area (Å²) >= 11 is 0. The molecule has 3 N–H and O–H groups in total. The van der Waals surface area contributed by atoms with E-state index >= 15 is 0 Å². The van der Waals surface area contributed by atoms with Crippen LogP contribution < -0.4 is 10.6 Å². The lowest BCUT2D eigenvalue weighted by Gasteiger charge is -2.28. The Bertz CT molecular complexity index is 616. The third kappa shape index (κ3) is 5.69. The van der Waals surface area contributed by atoms with Crippen molar-refractivity contribution < 1.29 is 9.84 Å². The Labute approximate surface area is 169 Å². The van der Waals surface area contributed by atoms with Crippen molar-refractivity contribution in [1.82, 2.24) is 15.5 Å². The molecule has 1 aromatic rings. The topological polar surface area (TPSA) is 69.1 Å². The lowest BCUT2D eigenvalue weighted by molar-refractivity contribution is 0.127. The molecule has 6 nitrogen and oxygen atoms in total. The Hall–Kier alpha value is -1.63. The van der Waals surface area contributed by atoms with E-state index in [4.69, 9.17) is 4.74 Å². The summed E-state index contributed by atoms with van der Waals surface area (Å²) in [5, 5.41) is 16.3. The molecule has 0 spiro atoms. The van der Waals surface area contributed by atoms with Crippen LogP contribution in [0.15, 0.2) is 35.3 Å². The zero-order valence-electron chi connectivity index (χ0n) is 17.4. The van der Waals surface area contributed by atoms with Crippen molar-refractivity contribution in [3.8, 4) is 0 Å². The monoisotopic (exact) mass is 388 g/mol. The van der Waals surface area contributed by atoms with Gasteiger partial charge in [-0.1, -0.05) is 30.3 Å². The Balaban J connectivity index is 1.43. The van der Waals surface area contributed by atoms with E-state index in [2.05, 4.69) is 57.8 Å². The highest BCUT2D eigenvalue weighted by atomic mass is 16.5. The van der Waals surface area contributed by atoms with E-state index in [1.54, 1.807) is 0 Å². The Morgan fingerprint density at radius 1 is 1.32 bits per heavy atom. The lowest BCUT2D eigenvalue weighted by Crippen LogP contribution is -2.45. The Kier molecular flexibility index (Phi) is 7.71. The summed E-state index contributed by atoms with van der Waals surface area (Å²) in [6.45, 7) is 7.88. The van der Waals surface area contributed by atoms with Gasteiger partial charge in [0.15, 0.2) is 5.96 Å². The van der Waals surface area contributed by atoms with Crippen LogP contribution in [0.1, 0.15) is 31.7 Å². The number of likely N-dealkylation sites (tertiary alicyclic amines) is 1. The molecule has 2 saturated heterocycles. The summed E-state index contributed by atoms with van der Waals surface area (Å²) in [6.07, 6.45) is 2.97. The molecule has 3 unspecified atom stereocenters. The molecule has 0 aliphatic carbocycles. The maximum absolute atomic E-state index is 9.38. The quantitative estimate of drug-likeness (QED) is 0.468. The minimum absolute atomic E-state index is 0.0285. The van der Waals surface area contributed by atoms with Gasteiger partial charge in [-0.15, -0.1) is 0 Å². The van der Waals surface area contributed by atoms with Crippen molar-refractivity contribution in [1.29, 1.82) is 0 Å². The minimum atomic E-state index is 0.0285. The second kappa shape index (κ2) is 10.2. The molecule has 0 aromatic heterocycles. The second-order valence-corrected chi connectivity index (χ2v) is 8.45. The summed E-state index contributed by atoms with van der Waals surface area (Å²) in [5.74, 6) is 1.47. The van der Waals surface area contributed by atoms with Gasteiger partial charge in [0.1, 0.15) is 0 Å². The number of rotatable bonds is 8. The van der Waals surface area contributed by atoms with Gasteiger partial charge < -0.3 is 20.5 Å². The molecule has 1 aromatic carbocycles. The molecule has 0 bridgehead atoms. The number of guanidine groups is 1. The first-order chi connectivity index (χ1) is 13.6. The number of ether oxygens (including phenoxy) is 1. The predicted octanol–water partition coefficient (Wildman–Crippen LogP) is 1.85. The molecule has 6 heteroatoms. The van der Waals surface area contributed by atoms with Gasteiger partial charge in [-0.05, 0) is 37.7 Å². The molecular formula is C22H36N4O2. The molecule has 28 heavy (non-hydrogen) atoms. The smallest absolute Gasteiger partial charge is 0.191 e. The van der Waals surface area contributed by atoms with Gasteiger partial charge in [0.25, 0.3) is 0 Å². The third-order valence-electron chi connectivity index (χ3n) is 6.26. The average molecular weight is 389 g/mol. The van der Waals surface area contributed by atoms with E-state index < -0.39 is 0 Å². The number of aliphatic hydroxyl groups excluding tert-OH is 1. The minimum Gasteiger partial charge on any atom is -0.396 e. The first kappa shape index (κ1) is 21.1. The third-order valence-corrected chi connectivity index (χ3v) is 6.26. The fraction of sp³-hybridized carbons (Fsp3) is 0.682. The number of nitrogens with zero attached hydrogens (tertiary/aromatic N) is 2. The summed E-state index contributed by atoms with van der Waals surface area (Å²) in [5.41, 5.74) is 1.41. The van der Waals surface area contributed by atoms with Gasteiger partial charge in [-0.2, -0.15) is 0 Å². The van der Waals surface area contributed by atoms with Crippen molar-refractivity contribution >= 4 is 5.96 Å². The SMILES string of the molecule is CN=C(NCC1CC(C)N(Cc2ccccc2)C1)NCC1(CCO)CCOC1. The fourth-order valence-corrected chi connectivity index (χ4v) is 4.45. The zero-order valence-corrected chi connectivity index (χ0v) is 17.4. The van der Waals surface area contributed by atoms with Gasteiger partial charge in [0.2, 0.25) is 0 Å². The number of hydrogen-bond acceptors (Lipinski definition) is 4. The standard InChI is InChI=1S/C22H36N4O2/c1-18-12-20(15-26(18)14-19-6-4-3-5-7-19)13-24-21(23-2)25-16-22(8-10-27)9-11-28-17-22/h3-7,18,20,27H,8-17H2,1-2H3,(H2,23,24,25). The summed E-state index contributed by atoms with van der Waals surface area (Å²) < 4.78 is 5.58. The number of aliphatic imine (C=N–C) groups is 1. The number of nitrogens with one attached hydrogen (secondary N) is 2. The van der Waals surface area contributed by atoms with E-state index in [0.717, 1.165) is 51.6 Å². The average Bonchev–Trinajstić information content (AvgIpc) is 3.30. The van der Waals surface area contributed by atoms with Crippen LogP contribution in [0.5, 0.6) is 0 Å². The maximum Gasteiger partial charge on any atom is 0.191 e. The van der Waals surface area contributed by atoms with E-state index in [-0.39, 0.29) is 12.0 Å². The molecule has 2 heterocycles. The van der Waals surface area contributed by atoms with E-state index in [1.165, 1.54) is 12.0 Å². The number of hydrogen-bond donors (Lipinski definition) is 3. The molecular weight excluding hydrogens is 352 g/mol. The summed E-state index contributed by atoms with van der Waals surface area (Å²) in [6, 6.07) is 11.3. The van der Waals surface area contributed by atoms with E-state index in [9.17, 15) is 5.11 Å². The van der Waals surface area contributed by atoms with Crippen LogP contribution in [-0.2, 0) is 11.3 Å². The molecule has 2 aliphatic rings. The molecule has 156 valence electrons. The van der Waals surface area contributed by atoms with Crippen LogP contribution in [0.3, 0.4) is 0 Å². The molecule has 2 fully saturated rings. The van der Waals surface area contributed by atoms with Crippen LogP contribution >= 0.6 is 0 Å². The Morgan fingerprint density at radius 2 is 2.14 bits per heavy atom. The van der Waals surface area contributed by atoms with Gasteiger partial charge in [-0.25, -0.2) is 0 Å². The van der Waals surface area contributed by atoms with E-state index in [0.29, 0.717) is 18.6 Å². The van der Waals surface area contributed by atoms with E-state index in [1.807, 2.05) is 7.05 Å². The molecule has 0 saturated carbocycles. The zero-order chi connectivity index (χ0) is 19.8. The first-order valence-electron chi connectivity index (χ1n) is 10.6. The highest BCUT2D eigenvalue weighted by molar-refractivity contribution is 5.79. The number of benzene rings is 1. The maximum atomic E-state index is 9.38. The van der Waals surface area contributed by atoms with Crippen molar-refractivity contribution in [2.45, 2.75) is 38.8 Å². The predicted molar refractivity (Wildman–Crippen MR) is 113 cm³/mol. The molecule has 3 atom stereocenters. The summed E-state index contributed by atoms with van der Waals surface area (Å²) in [7, 11) is 1.82. The lowest BCUT2D eigenvalue weighted by atomic mass is 9.84. The van der Waals surface area contributed by atoms with Gasteiger partial charge in [0.05, 0.1) is 6.61 Å². The molecule has 0 amide bonds. The molecule has 3 rings (SSSR count). The highest BCUT2D eigenvalue weighted by Crippen LogP contribution is 2.31. The number of aliphatic hydroxyl groups is 1. The van der Waals surface area contributed by atoms with Gasteiger partial charge in [0, 0.05) is 57.9 Å². The summed E-state index contributed by atoms with van der Waals surface area (Å²) in [4.78, 5) is 6.96. The molecule has 0 radical (unpaired) electrons. The van der Waals surface area contributed by atoms with Crippen LogP contribution in [0, 0.1) is 11.3 Å². The van der Waals surface area contributed by atoms with Crippen molar-refractivity contribution in [2.75, 3.05) is 46.5 Å². The first-order valence-corrected chi connectivity index (χ1v) is 10.6. The normalized spacial score (nSPS) is 28.6. The van der Waals surface area contributed by atoms with Crippen molar-refractivity contribution in [3.05, 3.63) is 35.9 Å². The largest absolute Gasteiger partial charge is 0.396 e. The van der Waals surface area contributed by atoms with Crippen LogP contribution in [0.2, 0.25) is 0 Å². The molecule has 2 aliphatic heterocycles. The fourth-order valence-electron chi connectivity index (χ4n) is 4.45. The van der Waals surface area contributed by atoms with Crippen molar-refractivity contribution in [2.24, 2.45) is 16.3 Å². The van der Waals surface area contributed by atoms with Crippen LogP contribution in [0.25, 0.3) is 0 Å².